The first-order valence-corrected chi connectivity index (χ1v) is 9.42. The number of carbonyl (C=O) groups excluding carboxylic acids is 2. The number of nitrogens with one attached hydrogen (secondary N) is 1. The minimum Gasteiger partial charge on any atom is -0.356 e. The van der Waals surface area contributed by atoms with Crippen LogP contribution in [0.2, 0.25) is 0 Å². The van der Waals surface area contributed by atoms with E-state index >= 15 is 0 Å². The van der Waals surface area contributed by atoms with Crippen molar-refractivity contribution in [2.75, 3.05) is 18.0 Å². The monoisotopic (exact) mass is 370 g/mol. The first-order valence-electron chi connectivity index (χ1n) is 9.42. The molecule has 0 spiro atoms. The van der Waals surface area contributed by atoms with Crippen LogP contribution in [0.3, 0.4) is 0 Å². The summed E-state index contributed by atoms with van der Waals surface area (Å²) in [5.41, 5.74) is 2.30. The van der Waals surface area contributed by atoms with Crippen LogP contribution in [0.5, 0.6) is 0 Å². The third-order valence-corrected chi connectivity index (χ3v) is 4.32. The average molecular weight is 370 g/mol. The van der Waals surface area contributed by atoms with Crippen LogP contribution in [0.15, 0.2) is 48.5 Å². The Morgan fingerprint density at radius 1 is 1.00 bits per heavy atom. The highest BCUT2D eigenvalue weighted by atomic mass is 19.1. The molecule has 4 nitrogen and oxygen atoms in total. The topological polar surface area (TPSA) is 49.4 Å². The Kier molecular flexibility index (Phi) is 7.99. The second-order valence-corrected chi connectivity index (χ2v) is 6.61. The fraction of sp³-hybridized carbons (Fsp3) is 0.364. The van der Waals surface area contributed by atoms with Crippen LogP contribution in [-0.2, 0) is 4.79 Å². The highest BCUT2D eigenvalue weighted by molar-refractivity contribution is 6.06. The number of hydrogen-bond acceptors (Lipinski definition) is 2. The molecule has 0 saturated carbocycles. The Morgan fingerprint density at radius 3 is 2.30 bits per heavy atom. The van der Waals surface area contributed by atoms with Crippen molar-refractivity contribution in [1.29, 1.82) is 0 Å². The minimum atomic E-state index is -0.343. The fourth-order valence-corrected chi connectivity index (χ4v) is 2.71. The minimum absolute atomic E-state index is 0.0371. The third-order valence-electron chi connectivity index (χ3n) is 4.32. The molecule has 0 aliphatic heterocycles. The van der Waals surface area contributed by atoms with E-state index in [1.165, 1.54) is 12.1 Å². The van der Waals surface area contributed by atoms with Gasteiger partial charge in [0.1, 0.15) is 5.82 Å². The number of aryl methyl sites for hydroxylation is 1. The van der Waals surface area contributed by atoms with Crippen LogP contribution < -0.4 is 10.2 Å². The lowest BCUT2D eigenvalue weighted by Gasteiger charge is -2.23. The van der Waals surface area contributed by atoms with Gasteiger partial charge in [0.2, 0.25) is 5.91 Å². The van der Waals surface area contributed by atoms with Crippen LogP contribution in [0.1, 0.15) is 48.5 Å². The van der Waals surface area contributed by atoms with E-state index in [1.54, 1.807) is 29.2 Å². The maximum absolute atomic E-state index is 13.3. The number of anilines is 1. The Balaban J connectivity index is 2.04. The van der Waals surface area contributed by atoms with Crippen molar-refractivity contribution in [3.63, 3.8) is 0 Å². The quantitative estimate of drug-likeness (QED) is 0.662. The Hall–Kier alpha value is -2.69. The molecule has 2 aromatic rings. The van der Waals surface area contributed by atoms with Crippen molar-refractivity contribution in [2.24, 2.45) is 0 Å². The lowest BCUT2D eigenvalue weighted by atomic mass is 10.1. The second kappa shape index (κ2) is 10.5. The predicted octanol–water partition coefficient (Wildman–Crippen LogP) is 4.48. The largest absolute Gasteiger partial charge is 0.356 e. The van der Waals surface area contributed by atoms with Gasteiger partial charge in [0.25, 0.3) is 5.91 Å². The zero-order chi connectivity index (χ0) is 19.6. The van der Waals surface area contributed by atoms with Gasteiger partial charge in [0.15, 0.2) is 0 Å². The van der Waals surface area contributed by atoms with Crippen LogP contribution in [0, 0.1) is 12.7 Å². The lowest BCUT2D eigenvalue weighted by Crippen LogP contribution is -2.34. The maximum Gasteiger partial charge on any atom is 0.258 e. The van der Waals surface area contributed by atoms with Gasteiger partial charge in [-0.15, -0.1) is 0 Å². The van der Waals surface area contributed by atoms with Crippen molar-refractivity contribution < 1.29 is 14.0 Å². The van der Waals surface area contributed by atoms with E-state index in [1.807, 2.05) is 26.0 Å². The number of amides is 2. The normalized spacial score (nSPS) is 10.5. The molecule has 0 heterocycles. The van der Waals surface area contributed by atoms with Gasteiger partial charge in [-0.3, -0.25) is 9.59 Å². The number of carbonyl (C=O) groups is 2. The smallest absolute Gasteiger partial charge is 0.258 e. The van der Waals surface area contributed by atoms with Crippen LogP contribution in [0.4, 0.5) is 10.1 Å². The van der Waals surface area contributed by atoms with Gasteiger partial charge in [0.05, 0.1) is 0 Å². The number of unbranched alkanes of at least 4 members (excludes halogenated alkanes) is 1. The van der Waals surface area contributed by atoms with Crippen molar-refractivity contribution in [2.45, 2.75) is 39.5 Å². The van der Waals surface area contributed by atoms with Gasteiger partial charge in [-0.1, -0.05) is 31.0 Å². The SMILES string of the molecule is CCCCC(=O)NCCCN(C(=O)c1ccc(C)cc1)c1ccc(F)cc1. The molecule has 0 radical (unpaired) electrons. The van der Waals surface area contributed by atoms with Gasteiger partial charge < -0.3 is 10.2 Å². The summed E-state index contributed by atoms with van der Waals surface area (Å²) in [5, 5.41) is 2.88. The van der Waals surface area contributed by atoms with E-state index in [2.05, 4.69) is 5.32 Å². The van der Waals surface area contributed by atoms with Crippen LogP contribution >= 0.6 is 0 Å². The molecule has 27 heavy (non-hydrogen) atoms. The molecule has 0 bridgehead atoms. The van der Waals surface area contributed by atoms with E-state index in [9.17, 15) is 14.0 Å². The van der Waals surface area contributed by atoms with Crippen molar-refractivity contribution >= 4 is 17.5 Å². The molecular formula is C22H27FN2O2. The van der Waals surface area contributed by atoms with E-state index < -0.39 is 0 Å². The average Bonchev–Trinajstić information content (AvgIpc) is 2.67. The van der Waals surface area contributed by atoms with Crippen molar-refractivity contribution in [3.8, 4) is 0 Å². The van der Waals surface area contributed by atoms with Gasteiger partial charge >= 0.3 is 0 Å². The summed E-state index contributed by atoms with van der Waals surface area (Å²) in [5.74, 6) is -0.446. The summed E-state index contributed by atoms with van der Waals surface area (Å²) in [6, 6.07) is 13.3. The molecule has 0 fully saturated rings. The van der Waals surface area contributed by atoms with Crippen molar-refractivity contribution in [3.05, 3.63) is 65.5 Å². The maximum atomic E-state index is 13.3. The highest BCUT2D eigenvalue weighted by Gasteiger charge is 2.17. The van der Waals surface area contributed by atoms with E-state index in [-0.39, 0.29) is 17.6 Å². The lowest BCUT2D eigenvalue weighted by molar-refractivity contribution is -0.121. The Labute approximate surface area is 160 Å². The molecule has 0 unspecified atom stereocenters. The number of benzene rings is 2. The van der Waals surface area contributed by atoms with E-state index in [0.29, 0.717) is 37.2 Å². The molecule has 1 N–H and O–H groups in total. The number of hydrogen-bond donors (Lipinski definition) is 1. The molecule has 2 rings (SSSR count). The zero-order valence-electron chi connectivity index (χ0n) is 16.0. The van der Waals surface area contributed by atoms with Crippen LogP contribution in [-0.4, -0.2) is 24.9 Å². The molecule has 2 aromatic carbocycles. The molecule has 0 aromatic heterocycles. The summed E-state index contributed by atoms with van der Waals surface area (Å²) < 4.78 is 13.3. The van der Waals surface area contributed by atoms with Gasteiger partial charge in [-0.05, 0) is 56.2 Å². The molecule has 0 saturated heterocycles. The van der Waals surface area contributed by atoms with Gasteiger partial charge in [-0.2, -0.15) is 0 Å². The number of halogens is 1. The Bertz CT molecular complexity index is 742. The first-order chi connectivity index (χ1) is 13.0. The van der Waals surface area contributed by atoms with Crippen molar-refractivity contribution in [1.82, 2.24) is 5.32 Å². The highest BCUT2D eigenvalue weighted by Crippen LogP contribution is 2.19. The molecule has 5 heteroatoms. The fourth-order valence-electron chi connectivity index (χ4n) is 2.71. The summed E-state index contributed by atoms with van der Waals surface area (Å²) in [6.07, 6.45) is 3.00. The van der Waals surface area contributed by atoms with Crippen LogP contribution in [0.25, 0.3) is 0 Å². The Morgan fingerprint density at radius 2 is 1.67 bits per heavy atom. The molecular weight excluding hydrogens is 343 g/mol. The predicted molar refractivity (Wildman–Crippen MR) is 106 cm³/mol. The second-order valence-electron chi connectivity index (χ2n) is 6.61. The zero-order valence-corrected chi connectivity index (χ0v) is 16.0. The first kappa shape index (κ1) is 20.6. The molecule has 0 atom stereocenters. The summed E-state index contributed by atoms with van der Waals surface area (Å²) in [4.78, 5) is 26.3. The number of nitrogens with zero attached hydrogens (tertiary/aromatic N) is 1. The van der Waals surface area contributed by atoms with E-state index in [0.717, 1.165) is 18.4 Å². The summed E-state index contributed by atoms with van der Waals surface area (Å²) in [7, 11) is 0. The molecule has 0 aliphatic carbocycles. The molecule has 2 amide bonds. The summed E-state index contributed by atoms with van der Waals surface area (Å²) >= 11 is 0. The standard InChI is InChI=1S/C22H27FN2O2/c1-3-4-6-21(26)24-15-5-16-25(20-13-11-19(23)12-14-20)22(27)18-9-7-17(2)8-10-18/h7-14H,3-6,15-16H2,1-2H3,(H,24,26). The van der Waals surface area contributed by atoms with E-state index in [4.69, 9.17) is 0 Å². The number of rotatable bonds is 9. The van der Waals surface area contributed by atoms with Gasteiger partial charge in [0, 0.05) is 30.8 Å². The molecule has 0 aliphatic rings. The van der Waals surface area contributed by atoms with Gasteiger partial charge in [-0.25, -0.2) is 4.39 Å². The summed E-state index contributed by atoms with van der Waals surface area (Å²) in [6.45, 7) is 4.95. The molecule has 144 valence electrons. The third kappa shape index (κ3) is 6.51.